The molecular formula is C19H20N4O3. The van der Waals surface area contributed by atoms with Gasteiger partial charge in [0.15, 0.2) is 0 Å². The van der Waals surface area contributed by atoms with Gasteiger partial charge in [-0.05, 0) is 38.1 Å². The first kappa shape index (κ1) is 17.6. The van der Waals surface area contributed by atoms with Crippen LogP contribution in [0.3, 0.4) is 0 Å². The van der Waals surface area contributed by atoms with E-state index in [0.29, 0.717) is 10.9 Å². The molecule has 0 saturated heterocycles. The summed E-state index contributed by atoms with van der Waals surface area (Å²) in [6.45, 7) is 3.64. The van der Waals surface area contributed by atoms with Crippen molar-refractivity contribution in [2.75, 3.05) is 0 Å². The summed E-state index contributed by atoms with van der Waals surface area (Å²) >= 11 is 0. The lowest BCUT2D eigenvalue weighted by molar-refractivity contribution is -0.121. The van der Waals surface area contributed by atoms with Crippen molar-refractivity contribution in [3.8, 4) is 0 Å². The van der Waals surface area contributed by atoms with Gasteiger partial charge in [-0.3, -0.25) is 23.7 Å². The van der Waals surface area contributed by atoms with Crippen molar-refractivity contribution in [1.29, 1.82) is 0 Å². The zero-order chi connectivity index (χ0) is 18.7. The van der Waals surface area contributed by atoms with E-state index in [9.17, 15) is 14.4 Å². The quantitative estimate of drug-likeness (QED) is 0.753. The van der Waals surface area contributed by atoms with Crippen molar-refractivity contribution in [2.24, 2.45) is 0 Å². The van der Waals surface area contributed by atoms with Gasteiger partial charge in [0.05, 0.1) is 23.1 Å². The lowest BCUT2D eigenvalue weighted by atomic mass is 10.2. The summed E-state index contributed by atoms with van der Waals surface area (Å²) in [4.78, 5) is 41.9. The number of amides is 1. The Kier molecular flexibility index (Phi) is 4.97. The number of carbonyl (C=O) groups is 1. The van der Waals surface area contributed by atoms with E-state index in [4.69, 9.17) is 0 Å². The number of rotatable bonds is 5. The van der Waals surface area contributed by atoms with E-state index in [1.54, 1.807) is 56.4 Å². The number of pyridine rings is 1. The monoisotopic (exact) mass is 352 g/mol. The molecule has 0 atom stereocenters. The summed E-state index contributed by atoms with van der Waals surface area (Å²) in [5.74, 6) is -0.322. The van der Waals surface area contributed by atoms with E-state index in [0.717, 1.165) is 5.69 Å². The molecule has 0 aliphatic heterocycles. The number of hydrogen-bond donors (Lipinski definition) is 1. The van der Waals surface area contributed by atoms with E-state index in [-0.39, 0.29) is 30.6 Å². The number of aromatic nitrogens is 3. The minimum Gasteiger partial charge on any atom is -0.349 e. The molecule has 1 amide bonds. The molecule has 0 radical (unpaired) electrons. The molecule has 134 valence electrons. The molecule has 0 unspecified atom stereocenters. The molecule has 7 heteroatoms. The summed E-state index contributed by atoms with van der Waals surface area (Å²) in [7, 11) is 0. The summed E-state index contributed by atoms with van der Waals surface area (Å²) < 4.78 is 2.51. The lowest BCUT2D eigenvalue weighted by Crippen LogP contribution is -2.43. The van der Waals surface area contributed by atoms with Gasteiger partial charge in [0.25, 0.3) is 5.56 Å². The van der Waals surface area contributed by atoms with Crippen LogP contribution >= 0.6 is 0 Å². The second-order valence-corrected chi connectivity index (χ2v) is 6.25. The molecule has 3 rings (SSSR count). The van der Waals surface area contributed by atoms with Gasteiger partial charge in [0, 0.05) is 12.2 Å². The molecule has 0 aliphatic rings. The number of nitrogens with zero attached hydrogens (tertiary/aromatic N) is 3. The van der Waals surface area contributed by atoms with Crippen molar-refractivity contribution in [3.05, 3.63) is 75.2 Å². The summed E-state index contributed by atoms with van der Waals surface area (Å²) in [5.41, 5.74) is 0.347. The molecule has 3 aromatic rings. The summed E-state index contributed by atoms with van der Waals surface area (Å²) in [6.07, 6.45) is 1.65. The lowest BCUT2D eigenvalue weighted by Gasteiger charge is -2.16. The average Bonchev–Trinajstić information content (AvgIpc) is 2.64. The highest BCUT2D eigenvalue weighted by atomic mass is 16.2. The van der Waals surface area contributed by atoms with Crippen LogP contribution in [0.15, 0.2) is 58.3 Å². The largest absolute Gasteiger partial charge is 0.349 e. The third-order valence-electron chi connectivity index (χ3n) is 4.09. The topological polar surface area (TPSA) is 86.0 Å². The zero-order valence-electron chi connectivity index (χ0n) is 14.7. The van der Waals surface area contributed by atoms with E-state index in [1.165, 1.54) is 9.13 Å². The number of fused-ring (bicyclic) bond motifs is 1. The van der Waals surface area contributed by atoms with Crippen LogP contribution in [0, 0.1) is 0 Å². The maximum Gasteiger partial charge on any atom is 0.332 e. The molecular weight excluding hydrogens is 332 g/mol. The van der Waals surface area contributed by atoms with E-state index in [2.05, 4.69) is 10.3 Å². The van der Waals surface area contributed by atoms with Crippen LogP contribution in [-0.2, 0) is 17.9 Å². The maximum absolute atomic E-state index is 12.8. The molecule has 0 bridgehead atoms. The zero-order valence-corrected chi connectivity index (χ0v) is 14.7. The van der Waals surface area contributed by atoms with Crippen LogP contribution < -0.4 is 16.6 Å². The Hall–Kier alpha value is -3.22. The van der Waals surface area contributed by atoms with Gasteiger partial charge < -0.3 is 5.32 Å². The van der Waals surface area contributed by atoms with E-state index >= 15 is 0 Å². The van der Waals surface area contributed by atoms with Crippen molar-refractivity contribution in [1.82, 2.24) is 19.4 Å². The van der Waals surface area contributed by atoms with Gasteiger partial charge in [-0.15, -0.1) is 0 Å². The van der Waals surface area contributed by atoms with Crippen molar-refractivity contribution < 1.29 is 4.79 Å². The number of carbonyl (C=O) groups excluding carboxylic acids is 1. The Balaban J connectivity index is 1.95. The fraction of sp³-hybridized carbons (Fsp3) is 0.263. The Labute approximate surface area is 149 Å². The number of hydrogen-bond acceptors (Lipinski definition) is 4. The maximum atomic E-state index is 12.8. The molecule has 26 heavy (non-hydrogen) atoms. The predicted octanol–water partition coefficient (Wildman–Crippen LogP) is 1.46. The predicted molar refractivity (Wildman–Crippen MR) is 98.9 cm³/mol. The second kappa shape index (κ2) is 7.35. The minimum absolute atomic E-state index is 0.167. The number of nitrogens with one attached hydrogen (secondary N) is 1. The number of para-hydroxylation sites is 1. The standard InChI is InChI=1S/C19H20N4O3/c1-13(2)23-18(25)15-8-3-4-9-16(15)22(19(23)26)12-17(24)21-11-14-7-5-6-10-20-14/h3-10,13H,11-12H2,1-2H3,(H,21,24). The van der Waals surface area contributed by atoms with Crippen molar-refractivity contribution in [2.45, 2.75) is 33.0 Å². The molecule has 0 aliphatic carbocycles. The fourth-order valence-corrected chi connectivity index (χ4v) is 2.84. The van der Waals surface area contributed by atoms with Crippen LogP contribution in [0.25, 0.3) is 10.9 Å². The Morgan fingerprint density at radius 1 is 1.12 bits per heavy atom. The van der Waals surface area contributed by atoms with Crippen molar-refractivity contribution >= 4 is 16.8 Å². The summed E-state index contributed by atoms with van der Waals surface area (Å²) in [6, 6.07) is 12.0. The third-order valence-corrected chi connectivity index (χ3v) is 4.09. The first-order valence-corrected chi connectivity index (χ1v) is 8.39. The first-order valence-electron chi connectivity index (χ1n) is 8.39. The SMILES string of the molecule is CC(C)n1c(=O)c2ccccc2n(CC(=O)NCc2ccccn2)c1=O. The number of benzene rings is 1. The van der Waals surface area contributed by atoms with Crippen LogP contribution in [-0.4, -0.2) is 20.0 Å². The molecule has 1 N–H and O–H groups in total. The van der Waals surface area contributed by atoms with Crippen LogP contribution in [0.4, 0.5) is 0 Å². The van der Waals surface area contributed by atoms with Gasteiger partial charge in [0.1, 0.15) is 6.54 Å². The van der Waals surface area contributed by atoms with Gasteiger partial charge in [-0.2, -0.15) is 0 Å². The highest BCUT2D eigenvalue weighted by Gasteiger charge is 2.16. The summed E-state index contributed by atoms with van der Waals surface area (Å²) in [5, 5.41) is 3.17. The smallest absolute Gasteiger partial charge is 0.332 e. The first-order chi connectivity index (χ1) is 12.5. The molecule has 0 spiro atoms. The van der Waals surface area contributed by atoms with Gasteiger partial charge in [-0.1, -0.05) is 18.2 Å². The highest BCUT2D eigenvalue weighted by molar-refractivity contribution is 5.81. The minimum atomic E-state index is -0.489. The van der Waals surface area contributed by atoms with Crippen LogP contribution in [0.2, 0.25) is 0 Å². The Morgan fingerprint density at radius 2 is 1.85 bits per heavy atom. The van der Waals surface area contributed by atoms with Gasteiger partial charge in [-0.25, -0.2) is 4.79 Å². The fourth-order valence-electron chi connectivity index (χ4n) is 2.84. The molecule has 1 aromatic carbocycles. The Bertz CT molecular complexity index is 1050. The van der Waals surface area contributed by atoms with E-state index in [1.807, 2.05) is 6.07 Å². The van der Waals surface area contributed by atoms with Gasteiger partial charge >= 0.3 is 5.69 Å². The van der Waals surface area contributed by atoms with Crippen molar-refractivity contribution in [3.63, 3.8) is 0 Å². The highest BCUT2D eigenvalue weighted by Crippen LogP contribution is 2.09. The average molecular weight is 352 g/mol. The molecule has 0 saturated carbocycles. The molecule has 2 heterocycles. The molecule has 0 fully saturated rings. The van der Waals surface area contributed by atoms with Gasteiger partial charge in [0.2, 0.25) is 5.91 Å². The van der Waals surface area contributed by atoms with Crippen LogP contribution in [0.1, 0.15) is 25.6 Å². The third kappa shape index (κ3) is 3.42. The van der Waals surface area contributed by atoms with Crippen LogP contribution in [0.5, 0.6) is 0 Å². The van der Waals surface area contributed by atoms with E-state index < -0.39 is 5.69 Å². The molecule has 2 aromatic heterocycles. The molecule has 7 nitrogen and oxygen atoms in total. The normalized spacial score (nSPS) is 11.0. The Morgan fingerprint density at radius 3 is 2.54 bits per heavy atom. The second-order valence-electron chi connectivity index (χ2n) is 6.25.